The maximum atomic E-state index is 12.6. The van der Waals surface area contributed by atoms with Crippen LogP contribution in [0.5, 0.6) is 0 Å². The Balaban J connectivity index is 2.31. The number of aromatic nitrogens is 2. The number of anilines is 1. The smallest absolute Gasteiger partial charge is 0.332 e. The molecule has 2 aromatic rings. The molecule has 0 saturated carbocycles. The first-order valence-corrected chi connectivity index (χ1v) is 7.59. The molecule has 0 aliphatic heterocycles. The number of carbonyl (C=O) groups is 1. The van der Waals surface area contributed by atoms with E-state index in [0.717, 1.165) is 14.7 Å². The molecule has 0 bridgehead atoms. The number of ketones is 1. The molecule has 0 amide bonds. The highest BCUT2D eigenvalue weighted by molar-refractivity contribution is 6.01. The van der Waals surface area contributed by atoms with Gasteiger partial charge in [0.05, 0.1) is 6.54 Å². The molecule has 0 spiro atoms. The van der Waals surface area contributed by atoms with E-state index >= 15 is 0 Å². The Labute approximate surface area is 139 Å². The molecule has 2 N–H and O–H groups in total. The Hall–Kier alpha value is -2.67. The minimum atomic E-state index is -0.665. The first kappa shape index (κ1) is 17.7. The molecular weight excluding hydrogens is 308 g/mol. The number of hydrogen-bond acceptors (Lipinski definition) is 5. The number of carbonyl (C=O) groups excluding carboxylic acids is 1. The van der Waals surface area contributed by atoms with Gasteiger partial charge in [0.25, 0.3) is 5.56 Å². The van der Waals surface area contributed by atoms with Crippen molar-refractivity contribution in [1.82, 2.24) is 14.0 Å². The zero-order valence-corrected chi connectivity index (χ0v) is 14.3. The first-order valence-electron chi connectivity index (χ1n) is 7.59. The quantitative estimate of drug-likeness (QED) is 0.808. The molecule has 0 saturated heterocycles. The third-order valence-corrected chi connectivity index (χ3v) is 4.32. The summed E-state index contributed by atoms with van der Waals surface area (Å²) in [6.45, 7) is 2.00. The van der Waals surface area contributed by atoms with E-state index in [2.05, 4.69) is 0 Å². The molecule has 1 aromatic heterocycles. The number of Topliss-reactive ketones (excluding diaryl/α,β-unsaturated/α-hetero) is 1. The number of likely N-dealkylation sites (N-methyl/N-ethyl adjacent to an activating group) is 1. The summed E-state index contributed by atoms with van der Waals surface area (Å²) in [5, 5.41) is 0. The lowest BCUT2D eigenvalue weighted by atomic mass is 10.1. The molecule has 0 aliphatic rings. The molecule has 0 fully saturated rings. The molecule has 7 nitrogen and oxygen atoms in total. The number of nitrogens with two attached hydrogens (primary N) is 1. The van der Waals surface area contributed by atoms with Crippen LogP contribution in [0.2, 0.25) is 0 Å². The normalized spacial score (nSPS) is 12.4. The number of nitrogen functional groups attached to an aromatic ring is 1. The van der Waals surface area contributed by atoms with Crippen LogP contribution in [0.3, 0.4) is 0 Å². The van der Waals surface area contributed by atoms with E-state index in [1.165, 1.54) is 14.1 Å². The van der Waals surface area contributed by atoms with Gasteiger partial charge in [-0.15, -0.1) is 0 Å². The van der Waals surface area contributed by atoms with Crippen LogP contribution in [0.4, 0.5) is 5.82 Å². The molecule has 1 aromatic carbocycles. The van der Waals surface area contributed by atoms with Crippen LogP contribution in [0.1, 0.15) is 28.9 Å². The topological polar surface area (TPSA) is 90.3 Å². The summed E-state index contributed by atoms with van der Waals surface area (Å²) < 4.78 is 2.00. The Morgan fingerprint density at radius 3 is 2.33 bits per heavy atom. The summed E-state index contributed by atoms with van der Waals surface area (Å²) in [5.74, 6) is -0.511. The Kier molecular flexibility index (Phi) is 5.04. The van der Waals surface area contributed by atoms with E-state index in [0.29, 0.717) is 0 Å². The predicted octanol–water partition coefficient (Wildman–Crippen LogP) is 0.542. The van der Waals surface area contributed by atoms with Crippen LogP contribution in [-0.4, -0.2) is 33.4 Å². The monoisotopic (exact) mass is 330 g/mol. The fourth-order valence-electron chi connectivity index (χ4n) is 2.55. The van der Waals surface area contributed by atoms with Gasteiger partial charge in [0.2, 0.25) is 0 Å². The van der Waals surface area contributed by atoms with Gasteiger partial charge in [-0.25, -0.2) is 4.79 Å². The highest BCUT2D eigenvalue weighted by atomic mass is 16.2. The van der Waals surface area contributed by atoms with E-state index in [-0.39, 0.29) is 24.0 Å². The van der Waals surface area contributed by atoms with E-state index in [9.17, 15) is 14.4 Å². The number of nitrogens with zero attached hydrogens (tertiary/aromatic N) is 3. The Bertz CT molecular complexity index is 868. The van der Waals surface area contributed by atoms with Crippen LogP contribution >= 0.6 is 0 Å². The summed E-state index contributed by atoms with van der Waals surface area (Å²) in [5.41, 5.74) is 5.52. The van der Waals surface area contributed by atoms with E-state index < -0.39 is 17.0 Å². The zero-order chi connectivity index (χ0) is 18.0. The van der Waals surface area contributed by atoms with Gasteiger partial charge in [0.1, 0.15) is 11.4 Å². The highest BCUT2D eigenvalue weighted by Crippen LogP contribution is 2.18. The fraction of sp³-hybridized carbons (Fsp3) is 0.353. The lowest BCUT2D eigenvalue weighted by Crippen LogP contribution is -2.43. The van der Waals surface area contributed by atoms with Crippen molar-refractivity contribution in [1.29, 1.82) is 0 Å². The second kappa shape index (κ2) is 6.84. The summed E-state index contributed by atoms with van der Waals surface area (Å²) >= 11 is 0. The van der Waals surface area contributed by atoms with Gasteiger partial charge < -0.3 is 5.73 Å². The van der Waals surface area contributed by atoms with Crippen molar-refractivity contribution in [2.45, 2.75) is 13.0 Å². The molecule has 24 heavy (non-hydrogen) atoms. The molecule has 0 radical (unpaired) electrons. The lowest BCUT2D eigenvalue weighted by Gasteiger charge is -2.24. The van der Waals surface area contributed by atoms with Crippen LogP contribution in [-0.2, 0) is 14.1 Å². The minimum absolute atomic E-state index is 0.00671. The van der Waals surface area contributed by atoms with Gasteiger partial charge >= 0.3 is 5.69 Å². The van der Waals surface area contributed by atoms with Crippen LogP contribution in [0, 0.1) is 0 Å². The average molecular weight is 330 g/mol. The molecule has 0 aliphatic carbocycles. The number of rotatable bonds is 5. The minimum Gasteiger partial charge on any atom is -0.384 e. The van der Waals surface area contributed by atoms with Crippen molar-refractivity contribution < 1.29 is 4.79 Å². The van der Waals surface area contributed by atoms with Crippen molar-refractivity contribution in [3.8, 4) is 0 Å². The van der Waals surface area contributed by atoms with E-state index in [1.807, 2.05) is 42.2 Å². The fourth-order valence-corrected chi connectivity index (χ4v) is 2.55. The summed E-state index contributed by atoms with van der Waals surface area (Å²) in [6, 6.07) is 9.74. The highest BCUT2D eigenvalue weighted by Gasteiger charge is 2.23. The molecule has 1 heterocycles. The number of hydrogen-bond donors (Lipinski definition) is 1. The Morgan fingerprint density at radius 2 is 1.75 bits per heavy atom. The van der Waals surface area contributed by atoms with Crippen molar-refractivity contribution in [3.05, 3.63) is 62.3 Å². The van der Waals surface area contributed by atoms with Gasteiger partial charge in [-0.1, -0.05) is 30.3 Å². The third-order valence-electron chi connectivity index (χ3n) is 4.32. The van der Waals surface area contributed by atoms with Crippen LogP contribution < -0.4 is 17.0 Å². The number of benzene rings is 1. The first-order chi connectivity index (χ1) is 11.3. The lowest BCUT2D eigenvalue weighted by molar-refractivity contribution is 0.0923. The van der Waals surface area contributed by atoms with E-state index in [4.69, 9.17) is 5.73 Å². The molecule has 7 heteroatoms. The van der Waals surface area contributed by atoms with Gasteiger partial charge in [-0.2, -0.15) is 0 Å². The zero-order valence-electron chi connectivity index (χ0n) is 14.3. The largest absolute Gasteiger partial charge is 0.384 e. The second-order valence-corrected chi connectivity index (χ2v) is 5.89. The molecule has 2 rings (SSSR count). The van der Waals surface area contributed by atoms with Crippen molar-refractivity contribution in [2.75, 3.05) is 19.3 Å². The predicted molar refractivity (Wildman–Crippen MR) is 93.2 cm³/mol. The molecular formula is C17H22N4O3. The van der Waals surface area contributed by atoms with Crippen molar-refractivity contribution >= 4 is 11.6 Å². The second-order valence-electron chi connectivity index (χ2n) is 5.89. The third kappa shape index (κ3) is 3.16. The maximum Gasteiger partial charge on any atom is 0.332 e. The van der Waals surface area contributed by atoms with Gasteiger partial charge in [-0.05, 0) is 19.5 Å². The molecule has 128 valence electrons. The molecule has 0 unspecified atom stereocenters. The van der Waals surface area contributed by atoms with Crippen LogP contribution in [0.15, 0.2) is 39.9 Å². The summed E-state index contributed by atoms with van der Waals surface area (Å²) in [6.07, 6.45) is 0. The van der Waals surface area contributed by atoms with Crippen molar-refractivity contribution in [2.24, 2.45) is 14.1 Å². The van der Waals surface area contributed by atoms with Gasteiger partial charge in [0.15, 0.2) is 5.78 Å². The van der Waals surface area contributed by atoms with Gasteiger partial charge in [0, 0.05) is 20.1 Å². The van der Waals surface area contributed by atoms with Crippen LogP contribution in [0.25, 0.3) is 0 Å². The SMILES string of the molecule is C[C@@H](c1ccccc1)N(C)CC(=O)c1c(N)n(C)c(=O)n(C)c1=O. The van der Waals surface area contributed by atoms with Crippen molar-refractivity contribution in [3.63, 3.8) is 0 Å². The Morgan fingerprint density at radius 1 is 1.17 bits per heavy atom. The van der Waals surface area contributed by atoms with Gasteiger partial charge in [-0.3, -0.25) is 23.6 Å². The molecule has 1 atom stereocenters. The standard InChI is InChI=1S/C17H22N4O3/c1-11(12-8-6-5-7-9-12)19(2)10-13(22)14-15(18)20(3)17(24)21(4)16(14)23/h5-9,11H,10,18H2,1-4H3/t11-/m0/s1. The summed E-state index contributed by atoms with van der Waals surface area (Å²) in [7, 11) is 4.57. The average Bonchev–Trinajstić information content (AvgIpc) is 2.58. The maximum absolute atomic E-state index is 12.6. The van der Waals surface area contributed by atoms with E-state index in [1.54, 1.807) is 7.05 Å². The summed E-state index contributed by atoms with van der Waals surface area (Å²) in [4.78, 5) is 38.5.